The summed E-state index contributed by atoms with van der Waals surface area (Å²) in [5.74, 6) is 0.371. The number of aryl methyl sites for hydroxylation is 1. The monoisotopic (exact) mass is 182 g/mol. The molecule has 4 heteroatoms. The number of aromatic nitrogens is 2. The first-order valence-electron chi connectivity index (χ1n) is 4.30. The summed E-state index contributed by atoms with van der Waals surface area (Å²) >= 11 is 0. The van der Waals surface area contributed by atoms with E-state index < -0.39 is 6.10 Å². The second-order valence-corrected chi connectivity index (χ2v) is 2.82. The molecule has 0 amide bonds. The van der Waals surface area contributed by atoms with E-state index in [-0.39, 0.29) is 5.78 Å². The van der Waals surface area contributed by atoms with E-state index in [4.69, 9.17) is 4.74 Å². The minimum Gasteiger partial charge on any atom is -0.370 e. The molecule has 0 bridgehead atoms. The van der Waals surface area contributed by atoms with E-state index in [2.05, 4.69) is 4.98 Å². The molecule has 1 unspecified atom stereocenters. The summed E-state index contributed by atoms with van der Waals surface area (Å²) in [6, 6.07) is 0. The number of nitrogens with zero attached hydrogens (tertiary/aromatic N) is 2. The Morgan fingerprint density at radius 1 is 1.77 bits per heavy atom. The van der Waals surface area contributed by atoms with Crippen LogP contribution in [0.5, 0.6) is 0 Å². The lowest BCUT2D eigenvalue weighted by atomic mass is 10.2. The number of imidazole rings is 1. The standard InChI is InChI=1S/C9H14N2O2/c1-4-13-7(2)8(12)9-10-5-6-11(9)3/h5-7H,4H2,1-3H3. The highest BCUT2D eigenvalue weighted by Gasteiger charge is 2.18. The Morgan fingerprint density at radius 3 is 2.92 bits per heavy atom. The molecule has 0 radical (unpaired) electrons. The zero-order chi connectivity index (χ0) is 9.84. The number of Topliss-reactive ketones (excluding diaryl/α,β-unsaturated/α-hetero) is 1. The summed E-state index contributed by atoms with van der Waals surface area (Å²) < 4.78 is 6.87. The maximum Gasteiger partial charge on any atom is 0.226 e. The smallest absolute Gasteiger partial charge is 0.226 e. The van der Waals surface area contributed by atoms with Gasteiger partial charge in [0.1, 0.15) is 6.10 Å². The first kappa shape index (κ1) is 9.92. The van der Waals surface area contributed by atoms with Crippen molar-refractivity contribution < 1.29 is 9.53 Å². The fraction of sp³-hybridized carbons (Fsp3) is 0.556. The van der Waals surface area contributed by atoms with Crippen molar-refractivity contribution in [1.29, 1.82) is 0 Å². The van der Waals surface area contributed by atoms with Crippen molar-refractivity contribution in [3.05, 3.63) is 18.2 Å². The minimum atomic E-state index is -0.411. The Hall–Kier alpha value is -1.16. The molecule has 0 aliphatic rings. The van der Waals surface area contributed by atoms with Crippen molar-refractivity contribution in [3.8, 4) is 0 Å². The predicted molar refractivity (Wildman–Crippen MR) is 48.6 cm³/mol. The van der Waals surface area contributed by atoms with Crippen molar-refractivity contribution in [1.82, 2.24) is 9.55 Å². The largest absolute Gasteiger partial charge is 0.370 e. The molecule has 0 spiro atoms. The number of rotatable bonds is 4. The van der Waals surface area contributed by atoms with Crippen molar-refractivity contribution >= 4 is 5.78 Å². The molecule has 1 aromatic rings. The van der Waals surface area contributed by atoms with Crippen LogP contribution in [0.15, 0.2) is 12.4 Å². The maximum atomic E-state index is 11.6. The molecule has 13 heavy (non-hydrogen) atoms. The molecular weight excluding hydrogens is 168 g/mol. The molecule has 1 heterocycles. The van der Waals surface area contributed by atoms with Gasteiger partial charge in [-0.25, -0.2) is 4.98 Å². The number of hydrogen-bond donors (Lipinski definition) is 0. The Balaban J connectivity index is 2.73. The van der Waals surface area contributed by atoms with Crippen LogP contribution in [-0.4, -0.2) is 28.0 Å². The van der Waals surface area contributed by atoms with Crippen LogP contribution < -0.4 is 0 Å². The average Bonchev–Trinajstić information content (AvgIpc) is 2.50. The fourth-order valence-corrected chi connectivity index (χ4v) is 1.11. The zero-order valence-electron chi connectivity index (χ0n) is 8.15. The highest BCUT2D eigenvalue weighted by Crippen LogP contribution is 2.02. The molecule has 0 aliphatic heterocycles. The molecule has 1 rings (SSSR count). The SMILES string of the molecule is CCOC(C)C(=O)c1nccn1C. The third-order valence-electron chi connectivity index (χ3n) is 1.83. The Labute approximate surface area is 77.5 Å². The Morgan fingerprint density at radius 2 is 2.46 bits per heavy atom. The summed E-state index contributed by atoms with van der Waals surface area (Å²) in [6.07, 6.45) is 2.93. The lowest BCUT2D eigenvalue weighted by Crippen LogP contribution is -2.23. The van der Waals surface area contributed by atoms with Crippen LogP contribution in [-0.2, 0) is 11.8 Å². The quantitative estimate of drug-likeness (QED) is 0.653. The summed E-state index contributed by atoms with van der Waals surface area (Å²) in [4.78, 5) is 15.6. The fourth-order valence-electron chi connectivity index (χ4n) is 1.11. The topological polar surface area (TPSA) is 44.1 Å². The maximum absolute atomic E-state index is 11.6. The van der Waals surface area contributed by atoms with Gasteiger partial charge in [0, 0.05) is 26.0 Å². The summed E-state index contributed by atoms with van der Waals surface area (Å²) in [5, 5.41) is 0. The third-order valence-corrected chi connectivity index (χ3v) is 1.83. The number of carbonyl (C=O) groups is 1. The first-order valence-corrected chi connectivity index (χ1v) is 4.30. The van der Waals surface area contributed by atoms with E-state index >= 15 is 0 Å². The zero-order valence-corrected chi connectivity index (χ0v) is 8.15. The highest BCUT2D eigenvalue weighted by atomic mass is 16.5. The Bertz CT molecular complexity index is 294. The third kappa shape index (κ3) is 2.15. The molecule has 0 fully saturated rings. The molecule has 1 atom stereocenters. The molecule has 0 aromatic carbocycles. The second kappa shape index (κ2) is 4.18. The van der Waals surface area contributed by atoms with Crippen LogP contribution in [0.4, 0.5) is 0 Å². The average molecular weight is 182 g/mol. The van der Waals surface area contributed by atoms with E-state index in [0.717, 1.165) is 0 Å². The van der Waals surface area contributed by atoms with Gasteiger partial charge in [-0.05, 0) is 13.8 Å². The molecule has 1 aromatic heterocycles. The number of ether oxygens (including phenoxy) is 1. The van der Waals surface area contributed by atoms with Gasteiger partial charge in [0.15, 0.2) is 5.82 Å². The lowest BCUT2D eigenvalue weighted by Gasteiger charge is -2.09. The normalized spacial score (nSPS) is 12.8. The van der Waals surface area contributed by atoms with Crippen LogP contribution >= 0.6 is 0 Å². The van der Waals surface area contributed by atoms with Gasteiger partial charge in [0.05, 0.1) is 0 Å². The number of ketones is 1. The van der Waals surface area contributed by atoms with Gasteiger partial charge in [-0.3, -0.25) is 4.79 Å². The van der Waals surface area contributed by atoms with Crippen molar-refractivity contribution in [3.63, 3.8) is 0 Å². The summed E-state index contributed by atoms with van der Waals surface area (Å²) in [5.41, 5.74) is 0. The van der Waals surface area contributed by atoms with Crippen LogP contribution in [0.1, 0.15) is 24.5 Å². The van der Waals surface area contributed by atoms with Gasteiger partial charge >= 0.3 is 0 Å². The first-order chi connectivity index (χ1) is 6.16. The van der Waals surface area contributed by atoms with Crippen molar-refractivity contribution in [2.75, 3.05) is 6.61 Å². The Kier molecular flexibility index (Phi) is 3.19. The summed E-state index contributed by atoms with van der Waals surface area (Å²) in [6.45, 7) is 4.14. The number of hydrogen-bond acceptors (Lipinski definition) is 3. The van der Waals surface area contributed by atoms with E-state index in [0.29, 0.717) is 12.4 Å². The van der Waals surface area contributed by atoms with Crippen LogP contribution in [0, 0.1) is 0 Å². The van der Waals surface area contributed by atoms with Crippen LogP contribution in [0.3, 0.4) is 0 Å². The van der Waals surface area contributed by atoms with E-state index in [1.807, 2.05) is 6.92 Å². The molecule has 4 nitrogen and oxygen atoms in total. The van der Waals surface area contributed by atoms with Gasteiger partial charge in [0.2, 0.25) is 5.78 Å². The van der Waals surface area contributed by atoms with E-state index in [1.165, 1.54) is 0 Å². The number of carbonyl (C=O) groups excluding carboxylic acids is 1. The van der Waals surface area contributed by atoms with Gasteiger partial charge in [-0.1, -0.05) is 0 Å². The predicted octanol–water partition coefficient (Wildman–Crippen LogP) is 1.03. The molecule has 72 valence electrons. The lowest BCUT2D eigenvalue weighted by molar-refractivity contribution is 0.0508. The summed E-state index contributed by atoms with van der Waals surface area (Å²) in [7, 11) is 1.79. The molecule has 0 aliphatic carbocycles. The second-order valence-electron chi connectivity index (χ2n) is 2.82. The van der Waals surface area contributed by atoms with E-state index in [1.54, 1.807) is 30.9 Å². The molecule has 0 N–H and O–H groups in total. The molecule has 0 saturated carbocycles. The van der Waals surface area contributed by atoms with Crippen LogP contribution in [0.25, 0.3) is 0 Å². The van der Waals surface area contributed by atoms with Gasteiger partial charge < -0.3 is 9.30 Å². The van der Waals surface area contributed by atoms with Crippen molar-refractivity contribution in [2.45, 2.75) is 20.0 Å². The van der Waals surface area contributed by atoms with Gasteiger partial charge in [-0.15, -0.1) is 0 Å². The van der Waals surface area contributed by atoms with E-state index in [9.17, 15) is 4.79 Å². The van der Waals surface area contributed by atoms with Crippen molar-refractivity contribution in [2.24, 2.45) is 7.05 Å². The van der Waals surface area contributed by atoms with Crippen LogP contribution in [0.2, 0.25) is 0 Å². The van der Waals surface area contributed by atoms with Gasteiger partial charge in [-0.2, -0.15) is 0 Å². The molecule has 0 saturated heterocycles. The highest BCUT2D eigenvalue weighted by molar-refractivity contribution is 5.96. The molecular formula is C9H14N2O2. The van der Waals surface area contributed by atoms with Gasteiger partial charge in [0.25, 0.3) is 0 Å². The minimum absolute atomic E-state index is 0.0747.